The van der Waals surface area contributed by atoms with Crippen molar-refractivity contribution < 1.29 is 4.39 Å². The van der Waals surface area contributed by atoms with Gasteiger partial charge in [-0.15, -0.1) is 0 Å². The van der Waals surface area contributed by atoms with Gasteiger partial charge in [-0.2, -0.15) is 0 Å². The number of nitrogens with one attached hydrogen (secondary N) is 2. The van der Waals surface area contributed by atoms with E-state index in [-0.39, 0.29) is 11.7 Å². The minimum Gasteiger partial charge on any atom is -0.367 e. The molecular formula is C13H18FN5O. The number of piperidine rings is 1. The Labute approximate surface area is 115 Å². The minimum absolute atomic E-state index is 0.0837. The number of pyridine rings is 1. The lowest BCUT2D eigenvalue weighted by atomic mass is 10.0. The van der Waals surface area contributed by atoms with Gasteiger partial charge >= 0.3 is 5.69 Å². The van der Waals surface area contributed by atoms with E-state index in [4.69, 9.17) is 0 Å². The maximum atomic E-state index is 14.0. The van der Waals surface area contributed by atoms with Gasteiger partial charge in [-0.05, 0) is 19.5 Å². The van der Waals surface area contributed by atoms with Gasteiger partial charge < -0.3 is 10.2 Å². The van der Waals surface area contributed by atoms with Crippen LogP contribution >= 0.6 is 0 Å². The van der Waals surface area contributed by atoms with E-state index < -0.39 is 6.17 Å². The Balaban J connectivity index is 1.91. The summed E-state index contributed by atoms with van der Waals surface area (Å²) in [5, 5.41) is 3.00. The van der Waals surface area contributed by atoms with E-state index in [1.807, 2.05) is 11.0 Å². The Hall–Kier alpha value is -1.89. The average molecular weight is 279 g/mol. The minimum atomic E-state index is -0.903. The number of aromatic nitrogens is 3. The van der Waals surface area contributed by atoms with Crippen molar-refractivity contribution in [2.45, 2.75) is 18.6 Å². The van der Waals surface area contributed by atoms with Crippen molar-refractivity contribution in [3.8, 4) is 0 Å². The molecule has 0 bridgehead atoms. The highest BCUT2D eigenvalue weighted by Crippen LogP contribution is 2.23. The largest absolute Gasteiger partial charge is 0.367 e. The predicted molar refractivity (Wildman–Crippen MR) is 75.9 cm³/mol. The van der Waals surface area contributed by atoms with Crippen LogP contribution in [0.15, 0.2) is 17.1 Å². The van der Waals surface area contributed by atoms with Crippen molar-refractivity contribution in [3.63, 3.8) is 0 Å². The molecule has 2 aromatic rings. The first kappa shape index (κ1) is 13.1. The Morgan fingerprint density at radius 2 is 2.35 bits per heavy atom. The van der Waals surface area contributed by atoms with Crippen molar-refractivity contribution in [1.82, 2.24) is 19.9 Å². The lowest BCUT2D eigenvalue weighted by Gasteiger charge is -2.35. The monoisotopic (exact) mass is 279 g/mol. The zero-order valence-electron chi connectivity index (χ0n) is 11.6. The molecule has 2 unspecified atom stereocenters. The van der Waals surface area contributed by atoms with Crippen LogP contribution in [0.1, 0.15) is 6.42 Å². The Bertz CT molecular complexity index is 679. The summed E-state index contributed by atoms with van der Waals surface area (Å²) < 4.78 is 15.5. The third-order valence-electron chi connectivity index (χ3n) is 4.02. The second-order valence-corrected chi connectivity index (χ2v) is 5.20. The second-order valence-electron chi connectivity index (χ2n) is 5.20. The molecule has 20 heavy (non-hydrogen) atoms. The van der Waals surface area contributed by atoms with Gasteiger partial charge in [-0.3, -0.25) is 9.55 Å². The number of imidazole rings is 1. The fraction of sp³-hybridized carbons (Fsp3) is 0.538. The SMILES string of the molecule is CNC1CCN(c2cnc3[nH]c(=O)n(C)c3c2)CC1F. The fourth-order valence-corrected chi connectivity index (χ4v) is 2.73. The van der Waals surface area contributed by atoms with E-state index in [0.29, 0.717) is 12.2 Å². The first-order chi connectivity index (χ1) is 9.60. The smallest absolute Gasteiger partial charge is 0.327 e. The van der Waals surface area contributed by atoms with Crippen LogP contribution < -0.4 is 15.9 Å². The third-order valence-corrected chi connectivity index (χ3v) is 4.02. The van der Waals surface area contributed by atoms with E-state index in [9.17, 15) is 9.18 Å². The number of hydrogen-bond acceptors (Lipinski definition) is 4. The maximum Gasteiger partial charge on any atom is 0.327 e. The molecule has 2 atom stereocenters. The zero-order chi connectivity index (χ0) is 14.3. The quantitative estimate of drug-likeness (QED) is 0.835. The number of fused-ring (bicyclic) bond motifs is 1. The van der Waals surface area contributed by atoms with Gasteiger partial charge in [-0.1, -0.05) is 0 Å². The molecule has 7 heteroatoms. The number of H-pyrrole nitrogens is 1. The molecule has 0 radical (unpaired) electrons. The van der Waals surface area contributed by atoms with Crippen LogP contribution in [-0.4, -0.2) is 46.9 Å². The maximum absolute atomic E-state index is 14.0. The molecular weight excluding hydrogens is 261 g/mol. The number of halogens is 1. The number of hydrogen-bond donors (Lipinski definition) is 2. The molecule has 1 aliphatic rings. The summed E-state index contributed by atoms with van der Waals surface area (Å²) >= 11 is 0. The van der Waals surface area contributed by atoms with Gasteiger partial charge in [0.1, 0.15) is 6.17 Å². The first-order valence-corrected chi connectivity index (χ1v) is 6.71. The van der Waals surface area contributed by atoms with Crippen molar-refractivity contribution in [2.24, 2.45) is 7.05 Å². The van der Waals surface area contributed by atoms with Crippen LogP contribution in [0.5, 0.6) is 0 Å². The molecule has 0 amide bonds. The molecule has 3 rings (SSSR count). The van der Waals surface area contributed by atoms with Crippen LogP contribution in [-0.2, 0) is 7.05 Å². The number of alkyl halides is 1. The molecule has 2 N–H and O–H groups in total. The molecule has 3 heterocycles. The lowest BCUT2D eigenvalue weighted by molar-refractivity contribution is 0.228. The van der Waals surface area contributed by atoms with Crippen LogP contribution in [0.4, 0.5) is 10.1 Å². The summed E-state index contributed by atoms with van der Waals surface area (Å²) in [6.07, 6.45) is 1.53. The highest BCUT2D eigenvalue weighted by molar-refractivity contribution is 5.75. The summed E-state index contributed by atoms with van der Waals surface area (Å²) in [4.78, 5) is 20.4. The zero-order valence-corrected chi connectivity index (χ0v) is 11.6. The predicted octanol–water partition coefficient (Wildman–Crippen LogP) is 0.398. The first-order valence-electron chi connectivity index (χ1n) is 6.71. The summed E-state index contributed by atoms with van der Waals surface area (Å²) in [6, 6.07) is 1.80. The molecule has 0 spiro atoms. The molecule has 6 nitrogen and oxygen atoms in total. The molecule has 1 saturated heterocycles. The van der Waals surface area contributed by atoms with Gasteiger partial charge in [0, 0.05) is 19.6 Å². The molecule has 2 aromatic heterocycles. The van der Waals surface area contributed by atoms with E-state index in [1.165, 1.54) is 4.57 Å². The molecule has 1 aliphatic heterocycles. The van der Waals surface area contributed by atoms with E-state index in [2.05, 4.69) is 15.3 Å². The molecule has 0 saturated carbocycles. The standard InChI is InChI=1S/C13H18FN5O/c1-15-10-3-4-19(7-9(10)14)8-5-11-12(16-6-8)17-13(20)18(11)2/h5-6,9-10,15H,3-4,7H2,1-2H3,(H,16,17,20). The van der Waals surface area contributed by atoms with Crippen LogP contribution in [0, 0.1) is 0 Å². The highest BCUT2D eigenvalue weighted by Gasteiger charge is 2.28. The molecule has 0 aromatic carbocycles. The van der Waals surface area contributed by atoms with Crippen molar-refractivity contribution in [2.75, 3.05) is 25.0 Å². The normalized spacial score (nSPS) is 23.4. The van der Waals surface area contributed by atoms with Gasteiger partial charge in [0.2, 0.25) is 0 Å². The van der Waals surface area contributed by atoms with Crippen LogP contribution in [0.25, 0.3) is 11.2 Å². The third kappa shape index (κ3) is 2.07. The highest BCUT2D eigenvalue weighted by atomic mass is 19.1. The summed E-state index contributed by atoms with van der Waals surface area (Å²) in [7, 11) is 3.48. The van der Waals surface area contributed by atoms with E-state index in [1.54, 1.807) is 20.3 Å². The number of rotatable bonds is 2. The van der Waals surface area contributed by atoms with Gasteiger partial charge in [0.15, 0.2) is 5.65 Å². The van der Waals surface area contributed by atoms with Crippen molar-refractivity contribution in [3.05, 3.63) is 22.7 Å². The fourth-order valence-electron chi connectivity index (χ4n) is 2.73. The van der Waals surface area contributed by atoms with Crippen molar-refractivity contribution >= 4 is 16.9 Å². The number of nitrogens with zero attached hydrogens (tertiary/aromatic N) is 3. The Morgan fingerprint density at radius 1 is 1.55 bits per heavy atom. The average Bonchev–Trinajstić information content (AvgIpc) is 2.74. The Kier molecular flexibility index (Phi) is 3.21. The molecule has 108 valence electrons. The summed E-state index contributed by atoms with van der Waals surface area (Å²) in [5.74, 6) is 0. The Morgan fingerprint density at radius 3 is 3.05 bits per heavy atom. The van der Waals surface area contributed by atoms with Crippen LogP contribution in [0.2, 0.25) is 0 Å². The second kappa shape index (κ2) is 4.90. The van der Waals surface area contributed by atoms with Gasteiger partial charge in [0.25, 0.3) is 0 Å². The number of aromatic amines is 1. The van der Waals surface area contributed by atoms with Gasteiger partial charge in [-0.25, -0.2) is 14.2 Å². The number of aryl methyl sites for hydroxylation is 1. The lowest BCUT2D eigenvalue weighted by Crippen LogP contribution is -2.49. The van der Waals surface area contributed by atoms with E-state index in [0.717, 1.165) is 24.2 Å². The van der Waals surface area contributed by atoms with E-state index >= 15 is 0 Å². The number of anilines is 1. The topological polar surface area (TPSA) is 66.0 Å². The molecule has 0 aliphatic carbocycles. The van der Waals surface area contributed by atoms with Gasteiger partial charge in [0.05, 0.1) is 23.9 Å². The van der Waals surface area contributed by atoms with Crippen molar-refractivity contribution in [1.29, 1.82) is 0 Å². The summed E-state index contributed by atoms with van der Waals surface area (Å²) in [5.41, 5.74) is 1.95. The summed E-state index contributed by atoms with van der Waals surface area (Å²) in [6.45, 7) is 1.12. The van der Waals surface area contributed by atoms with Crippen LogP contribution in [0.3, 0.4) is 0 Å². The molecule has 1 fully saturated rings.